The highest BCUT2D eigenvalue weighted by molar-refractivity contribution is 5.61. The number of anilines is 1. The molecule has 7 heteroatoms. The summed E-state index contributed by atoms with van der Waals surface area (Å²) in [6.07, 6.45) is 2.16. The Morgan fingerprint density at radius 2 is 2.35 bits per heavy atom. The van der Waals surface area contributed by atoms with Crippen LogP contribution in [0.25, 0.3) is 11.4 Å². The Bertz CT molecular complexity index is 594. The number of tetrazole rings is 1. The SMILES string of the molecule is Nc1cc(-c2nnnn2CC2CCCOC2)ccc1F. The Labute approximate surface area is 115 Å². The third-order valence-corrected chi connectivity index (χ3v) is 3.47. The lowest BCUT2D eigenvalue weighted by Gasteiger charge is -2.21. The molecule has 1 fully saturated rings. The van der Waals surface area contributed by atoms with E-state index < -0.39 is 5.82 Å². The van der Waals surface area contributed by atoms with Gasteiger partial charge in [0, 0.05) is 18.1 Å². The monoisotopic (exact) mass is 277 g/mol. The minimum atomic E-state index is -0.437. The zero-order valence-corrected chi connectivity index (χ0v) is 11.0. The zero-order valence-electron chi connectivity index (χ0n) is 11.0. The number of rotatable bonds is 3. The fraction of sp³-hybridized carbons (Fsp3) is 0.462. The van der Waals surface area contributed by atoms with Gasteiger partial charge < -0.3 is 10.5 Å². The maximum Gasteiger partial charge on any atom is 0.182 e. The molecule has 20 heavy (non-hydrogen) atoms. The standard InChI is InChI=1S/C13H16FN5O/c14-11-4-3-10(6-12(11)15)13-16-17-18-19(13)7-9-2-1-5-20-8-9/h3-4,6,9H,1-2,5,7-8,15H2. The first-order valence-electron chi connectivity index (χ1n) is 6.63. The van der Waals surface area contributed by atoms with Crippen LogP contribution in [0.15, 0.2) is 18.2 Å². The van der Waals surface area contributed by atoms with Crippen molar-refractivity contribution in [1.82, 2.24) is 20.2 Å². The van der Waals surface area contributed by atoms with E-state index in [9.17, 15) is 4.39 Å². The van der Waals surface area contributed by atoms with Gasteiger partial charge >= 0.3 is 0 Å². The second kappa shape index (κ2) is 5.54. The third kappa shape index (κ3) is 2.62. The quantitative estimate of drug-likeness (QED) is 0.860. The normalized spacial score (nSPS) is 19.1. The Morgan fingerprint density at radius 3 is 3.10 bits per heavy atom. The van der Waals surface area contributed by atoms with Crippen molar-refractivity contribution >= 4 is 5.69 Å². The molecular formula is C13H16FN5O. The maximum absolute atomic E-state index is 13.2. The summed E-state index contributed by atoms with van der Waals surface area (Å²) in [4.78, 5) is 0. The van der Waals surface area contributed by atoms with E-state index in [1.54, 1.807) is 16.8 Å². The average molecular weight is 277 g/mol. The van der Waals surface area contributed by atoms with Gasteiger partial charge in [0.15, 0.2) is 5.82 Å². The van der Waals surface area contributed by atoms with Crippen molar-refractivity contribution < 1.29 is 9.13 Å². The summed E-state index contributed by atoms with van der Waals surface area (Å²) in [6.45, 7) is 2.25. The van der Waals surface area contributed by atoms with Crippen LogP contribution >= 0.6 is 0 Å². The molecule has 1 unspecified atom stereocenters. The first kappa shape index (κ1) is 13.0. The van der Waals surface area contributed by atoms with Crippen molar-refractivity contribution in [1.29, 1.82) is 0 Å². The predicted octanol–water partition coefficient (Wildman–Crippen LogP) is 1.49. The lowest BCUT2D eigenvalue weighted by Crippen LogP contribution is -2.23. The number of halogens is 1. The third-order valence-electron chi connectivity index (χ3n) is 3.47. The number of benzene rings is 1. The van der Waals surface area contributed by atoms with E-state index in [0.717, 1.165) is 26.1 Å². The first-order chi connectivity index (χ1) is 9.74. The number of aromatic nitrogens is 4. The van der Waals surface area contributed by atoms with Crippen LogP contribution in [0.3, 0.4) is 0 Å². The number of hydrogen-bond acceptors (Lipinski definition) is 5. The van der Waals surface area contributed by atoms with Gasteiger partial charge in [0.2, 0.25) is 0 Å². The van der Waals surface area contributed by atoms with Crippen molar-refractivity contribution in [3.8, 4) is 11.4 Å². The van der Waals surface area contributed by atoms with Crippen molar-refractivity contribution in [2.45, 2.75) is 19.4 Å². The molecule has 2 aromatic rings. The zero-order chi connectivity index (χ0) is 13.9. The molecule has 1 aromatic carbocycles. The molecule has 1 atom stereocenters. The van der Waals surface area contributed by atoms with Gasteiger partial charge in [-0.2, -0.15) is 0 Å². The summed E-state index contributed by atoms with van der Waals surface area (Å²) in [5.74, 6) is 0.569. The molecule has 1 aliphatic heterocycles. The lowest BCUT2D eigenvalue weighted by atomic mass is 10.0. The van der Waals surface area contributed by atoms with Crippen LogP contribution in [0.1, 0.15) is 12.8 Å². The summed E-state index contributed by atoms with van der Waals surface area (Å²) >= 11 is 0. The minimum Gasteiger partial charge on any atom is -0.396 e. The summed E-state index contributed by atoms with van der Waals surface area (Å²) in [5, 5.41) is 11.7. The highest BCUT2D eigenvalue weighted by atomic mass is 19.1. The van der Waals surface area contributed by atoms with Crippen LogP contribution < -0.4 is 5.73 Å². The fourth-order valence-corrected chi connectivity index (χ4v) is 2.41. The molecule has 0 saturated carbocycles. The predicted molar refractivity (Wildman–Crippen MR) is 71.2 cm³/mol. The fourth-order valence-electron chi connectivity index (χ4n) is 2.41. The number of nitrogens with two attached hydrogens (primary N) is 1. The molecule has 0 radical (unpaired) electrons. The molecule has 1 aromatic heterocycles. The van der Waals surface area contributed by atoms with Crippen molar-refractivity contribution in [2.24, 2.45) is 5.92 Å². The second-order valence-corrected chi connectivity index (χ2v) is 5.00. The largest absolute Gasteiger partial charge is 0.396 e. The van der Waals surface area contributed by atoms with Crippen LogP contribution in [-0.4, -0.2) is 33.4 Å². The molecule has 1 saturated heterocycles. The molecule has 0 amide bonds. The van der Waals surface area contributed by atoms with E-state index in [1.165, 1.54) is 6.07 Å². The van der Waals surface area contributed by atoms with E-state index >= 15 is 0 Å². The molecule has 3 rings (SSSR count). The van der Waals surface area contributed by atoms with Gasteiger partial charge in [0.05, 0.1) is 18.8 Å². The summed E-state index contributed by atoms with van der Waals surface area (Å²) in [5.41, 5.74) is 6.40. The molecule has 1 aliphatic rings. The van der Waals surface area contributed by atoms with Crippen LogP contribution in [-0.2, 0) is 11.3 Å². The maximum atomic E-state index is 13.2. The molecule has 106 valence electrons. The van der Waals surface area contributed by atoms with Gasteiger partial charge in [0.1, 0.15) is 5.82 Å². The molecule has 2 heterocycles. The number of nitrogen functional groups attached to an aromatic ring is 1. The van der Waals surface area contributed by atoms with E-state index in [0.29, 0.717) is 23.9 Å². The van der Waals surface area contributed by atoms with E-state index in [4.69, 9.17) is 10.5 Å². The van der Waals surface area contributed by atoms with Crippen LogP contribution in [0, 0.1) is 11.7 Å². The lowest BCUT2D eigenvalue weighted by molar-refractivity contribution is 0.0470. The van der Waals surface area contributed by atoms with Crippen LogP contribution in [0.5, 0.6) is 0 Å². The molecule has 6 nitrogen and oxygen atoms in total. The molecule has 0 spiro atoms. The topological polar surface area (TPSA) is 78.9 Å². The first-order valence-corrected chi connectivity index (χ1v) is 6.63. The van der Waals surface area contributed by atoms with E-state index in [1.807, 2.05) is 0 Å². The summed E-state index contributed by atoms with van der Waals surface area (Å²) in [6, 6.07) is 4.51. The van der Waals surface area contributed by atoms with Crippen LogP contribution in [0.2, 0.25) is 0 Å². The molecule has 0 aliphatic carbocycles. The van der Waals surface area contributed by atoms with Gasteiger partial charge in [-0.15, -0.1) is 5.10 Å². The summed E-state index contributed by atoms with van der Waals surface area (Å²) < 4.78 is 20.4. The molecular weight excluding hydrogens is 261 g/mol. The van der Waals surface area contributed by atoms with Gasteiger partial charge in [-0.1, -0.05) is 0 Å². The highest BCUT2D eigenvalue weighted by Crippen LogP contribution is 2.23. The van der Waals surface area contributed by atoms with Crippen LogP contribution in [0.4, 0.5) is 10.1 Å². The number of ether oxygens (including phenoxy) is 1. The number of nitrogens with zero attached hydrogens (tertiary/aromatic N) is 4. The minimum absolute atomic E-state index is 0.0954. The Hall–Kier alpha value is -2.02. The Balaban J connectivity index is 1.83. The second-order valence-electron chi connectivity index (χ2n) is 5.00. The molecule has 0 bridgehead atoms. The number of hydrogen-bond donors (Lipinski definition) is 1. The van der Waals surface area contributed by atoms with Gasteiger partial charge in [-0.05, 0) is 41.5 Å². The summed E-state index contributed by atoms with van der Waals surface area (Å²) in [7, 11) is 0. The van der Waals surface area contributed by atoms with Gasteiger partial charge in [0.25, 0.3) is 0 Å². The van der Waals surface area contributed by atoms with E-state index in [2.05, 4.69) is 15.5 Å². The Kier molecular flexibility index (Phi) is 3.60. The van der Waals surface area contributed by atoms with E-state index in [-0.39, 0.29) is 5.69 Å². The van der Waals surface area contributed by atoms with Crippen molar-refractivity contribution in [3.05, 3.63) is 24.0 Å². The average Bonchev–Trinajstić information content (AvgIpc) is 2.91. The van der Waals surface area contributed by atoms with Crippen molar-refractivity contribution in [3.63, 3.8) is 0 Å². The van der Waals surface area contributed by atoms with Gasteiger partial charge in [-0.3, -0.25) is 0 Å². The van der Waals surface area contributed by atoms with Gasteiger partial charge in [-0.25, -0.2) is 9.07 Å². The Morgan fingerprint density at radius 1 is 1.45 bits per heavy atom. The highest BCUT2D eigenvalue weighted by Gasteiger charge is 2.18. The van der Waals surface area contributed by atoms with Crippen molar-refractivity contribution in [2.75, 3.05) is 18.9 Å². The smallest absolute Gasteiger partial charge is 0.182 e. The molecule has 2 N–H and O–H groups in total.